The van der Waals surface area contributed by atoms with Gasteiger partial charge in [0.05, 0.1) is 10.2 Å². The largest absolute Gasteiger partial charge is 0.454 e. The molecule has 0 rings (SSSR count). The van der Waals surface area contributed by atoms with Gasteiger partial charge in [0.25, 0.3) is 0 Å². The van der Waals surface area contributed by atoms with E-state index >= 15 is 0 Å². The van der Waals surface area contributed by atoms with Gasteiger partial charge in [-0.15, -0.1) is 0 Å². The van der Waals surface area contributed by atoms with Crippen molar-refractivity contribution >= 4 is 16.2 Å². The summed E-state index contributed by atoms with van der Waals surface area (Å²) in [5, 5.41) is 0. The minimum Gasteiger partial charge on any atom is -0.454 e. The first-order valence-corrected chi connectivity index (χ1v) is 5.97. The Labute approximate surface area is 94.0 Å². The number of methoxy groups -OCH3 is 2. The van der Waals surface area contributed by atoms with E-state index in [2.05, 4.69) is 6.58 Å². The molecule has 1 unspecified atom stereocenters. The summed E-state index contributed by atoms with van der Waals surface area (Å²) in [5.41, 5.74) is -0.769. The second kappa shape index (κ2) is 6.76. The molecule has 0 aromatic rings. The molecule has 0 aliphatic carbocycles. The van der Waals surface area contributed by atoms with Crippen LogP contribution < -0.4 is 0 Å². The molecule has 4 nitrogen and oxygen atoms in total. The van der Waals surface area contributed by atoms with Gasteiger partial charge in [0, 0.05) is 20.3 Å². The van der Waals surface area contributed by atoms with E-state index in [0.717, 1.165) is 12.5 Å². The highest BCUT2D eigenvalue weighted by Crippen LogP contribution is 2.20. The van der Waals surface area contributed by atoms with Crippen molar-refractivity contribution in [3.05, 3.63) is 12.7 Å². The number of hydrogen-bond donors (Lipinski definition) is 0. The van der Waals surface area contributed by atoms with Crippen LogP contribution in [0.3, 0.4) is 0 Å². The summed E-state index contributed by atoms with van der Waals surface area (Å²) in [6.07, 6.45) is 2.39. The van der Waals surface area contributed by atoms with Crippen LogP contribution in [0.1, 0.15) is 19.8 Å². The van der Waals surface area contributed by atoms with Crippen molar-refractivity contribution in [2.24, 2.45) is 0 Å². The van der Waals surface area contributed by atoms with Crippen LogP contribution in [0.25, 0.3) is 0 Å². The third-order valence-corrected chi connectivity index (χ3v) is 3.83. The molecule has 0 aromatic heterocycles. The van der Waals surface area contributed by atoms with E-state index in [1.54, 1.807) is 14.2 Å². The van der Waals surface area contributed by atoms with Crippen molar-refractivity contribution < 1.29 is 19.0 Å². The maximum Gasteiger partial charge on any atom is 0.330 e. The zero-order valence-corrected chi connectivity index (χ0v) is 11.9. The lowest BCUT2D eigenvalue weighted by atomic mass is 10.2. The SMILES string of the molecule is C=CC(=O)OC(CCC)C([SiH3])(OC)OC. The molecule has 0 radical (unpaired) electrons. The predicted molar refractivity (Wildman–Crippen MR) is 61.7 cm³/mol. The van der Waals surface area contributed by atoms with Crippen LogP contribution in [0, 0.1) is 0 Å². The number of esters is 1. The van der Waals surface area contributed by atoms with Gasteiger partial charge < -0.3 is 14.2 Å². The minimum atomic E-state index is -0.769. The van der Waals surface area contributed by atoms with Crippen LogP contribution >= 0.6 is 0 Å². The van der Waals surface area contributed by atoms with Crippen molar-refractivity contribution in [3.8, 4) is 0 Å². The van der Waals surface area contributed by atoms with Gasteiger partial charge in [-0.05, 0) is 6.42 Å². The van der Waals surface area contributed by atoms with E-state index in [0.29, 0.717) is 16.7 Å². The average Bonchev–Trinajstić information content (AvgIpc) is 2.27. The summed E-state index contributed by atoms with van der Waals surface area (Å²) < 4.78 is 15.8. The summed E-state index contributed by atoms with van der Waals surface area (Å²) in [4.78, 5) is 11.1. The molecular weight excluding hydrogens is 212 g/mol. The number of rotatable bonds is 7. The number of carbonyl (C=O) groups excluding carboxylic acids is 1. The van der Waals surface area contributed by atoms with E-state index < -0.39 is 11.4 Å². The van der Waals surface area contributed by atoms with Gasteiger partial charge in [0.1, 0.15) is 0 Å². The van der Waals surface area contributed by atoms with E-state index in [9.17, 15) is 4.79 Å². The Balaban J connectivity index is 4.61. The summed E-state index contributed by atoms with van der Waals surface area (Å²) in [6.45, 7) is 5.38. The Kier molecular flexibility index (Phi) is 6.47. The second-order valence-corrected chi connectivity index (χ2v) is 4.74. The Morgan fingerprint density at radius 1 is 1.53 bits per heavy atom. The topological polar surface area (TPSA) is 44.8 Å². The Hall–Kier alpha value is -0.653. The molecule has 5 heteroatoms. The molecule has 1 atom stereocenters. The van der Waals surface area contributed by atoms with Gasteiger partial charge in [0.2, 0.25) is 0 Å². The second-order valence-electron chi connectivity index (χ2n) is 3.34. The van der Waals surface area contributed by atoms with Crippen molar-refractivity contribution in [2.75, 3.05) is 14.2 Å². The summed E-state index contributed by atoms with van der Waals surface area (Å²) in [6, 6.07) is 0. The number of hydrogen-bond acceptors (Lipinski definition) is 4. The molecule has 0 aliphatic rings. The van der Waals surface area contributed by atoms with Crippen molar-refractivity contribution in [1.82, 2.24) is 0 Å². The maximum absolute atomic E-state index is 11.1. The minimum absolute atomic E-state index is 0.366. The molecule has 0 saturated heterocycles. The summed E-state index contributed by atoms with van der Waals surface area (Å²) in [7, 11) is 3.73. The zero-order valence-electron chi connectivity index (χ0n) is 9.91. The quantitative estimate of drug-likeness (QED) is 0.272. The smallest absolute Gasteiger partial charge is 0.330 e. The molecule has 0 saturated carbocycles. The fourth-order valence-electron chi connectivity index (χ4n) is 1.22. The van der Waals surface area contributed by atoms with Crippen molar-refractivity contribution in [3.63, 3.8) is 0 Å². The lowest BCUT2D eigenvalue weighted by Gasteiger charge is -2.34. The summed E-state index contributed by atoms with van der Waals surface area (Å²) >= 11 is 0. The van der Waals surface area contributed by atoms with E-state index in [1.165, 1.54) is 0 Å². The van der Waals surface area contributed by atoms with Crippen molar-refractivity contribution in [1.29, 1.82) is 0 Å². The Bertz CT molecular complexity index is 213. The first kappa shape index (κ1) is 14.3. The molecule has 0 fully saturated rings. The van der Waals surface area contributed by atoms with Crippen LogP contribution in [0.4, 0.5) is 0 Å². The lowest BCUT2D eigenvalue weighted by molar-refractivity contribution is -0.215. The summed E-state index contributed by atoms with van der Waals surface area (Å²) in [5.74, 6) is -0.442. The van der Waals surface area contributed by atoms with E-state index in [4.69, 9.17) is 14.2 Å². The average molecular weight is 232 g/mol. The van der Waals surface area contributed by atoms with Crippen LogP contribution in [-0.2, 0) is 19.0 Å². The fourth-order valence-corrected chi connectivity index (χ4v) is 1.63. The van der Waals surface area contributed by atoms with Gasteiger partial charge in [-0.1, -0.05) is 19.9 Å². The first-order valence-electron chi connectivity index (χ1n) is 4.97. The van der Waals surface area contributed by atoms with E-state index in [1.807, 2.05) is 6.92 Å². The molecule has 0 heterocycles. The maximum atomic E-state index is 11.1. The van der Waals surface area contributed by atoms with Gasteiger partial charge >= 0.3 is 5.97 Å². The molecule has 0 bridgehead atoms. The van der Waals surface area contributed by atoms with Crippen molar-refractivity contribution in [2.45, 2.75) is 31.3 Å². The molecule has 0 aliphatic heterocycles. The van der Waals surface area contributed by atoms with Gasteiger partial charge in [-0.25, -0.2) is 4.79 Å². The Morgan fingerprint density at radius 2 is 2.07 bits per heavy atom. The predicted octanol–water partition coefficient (Wildman–Crippen LogP) is 0.196. The molecule has 88 valence electrons. The van der Waals surface area contributed by atoms with Crippen LogP contribution in [0.15, 0.2) is 12.7 Å². The van der Waals surface area contributed by atoms with Crippen LogP contribution in [0.2, 0.25) is 0 Å². The number of carbonyl (C=O) groups is 1. The molecule has 0 spiro atoms. The standard InChI is InChI=1S/C10H20O4Si/c1-5-7-8(14-9(11)6-2)10(15,12-3)13-4/h6,8H,2,5,7H2,1,3-4,15H3. The lowest BCUT2D eigenvalue weighted by Crippen LogP contribution is -2.48. The molecule has 0 N–H and O–H groups in total. The molecule has 0 aromatic carbocycles. The van der Waals surface area contributed by atoms with Crippen LogP contribution in [0.5, 0.6) is 0 Å². The monoisotopic (exact) mass is 232 g/mol. The highest BCUT2D eigenvalue weighted by molar-refractivity contribution is 6.14. The highest BCUT2D eigenvalue weighted by Gasteiger charge is 2.36. The van der Waals surface area contributed by atoms with E-state index in [-0.39, 0.29) is 6.10 Å². The first-order chi connectivity index (χ1) is 7.03. The Morgan fingerprint density at radius 3 is 2.40 bits per heavy atom. The van der Waals surface area contributed by atoms with Crippen LogP contribution in [-0.4, -0.2) is 41.9 Å². The van der Waals surface area contributed by atoms with Gasteiger partial charge in [0.15, 0.2) is 11.5 Å². The molecular formula is C10H20O4Si. The molecule has 15 heavy (non-hydrogen) atoms. The third-order valence-electron chi connectivity index (χ3n) is 2.37. The van der Waals surface area contributed by atoms with Gasteiger partial charge in [-0.3, -0.25) is 0 Å². The third kappa shape index (κ3) is 4.15. The number of ether oxygens (including phenoxy) is 3. The fraction of sp³-hybridized carbons (Fsp3) is 0.700. The van der Waals surface area contributed by atoms with Gasteiger partial charge in [-0.2, -0.15) is 0 Å². The highest BCUT2D eigenvalue weighted by atomic mass is 28.1. The zero-order chi connectivity index (χ0) is 11.9. The normalized spacial score (nSPS) is 13.5. The molecule has 0 amide bonds.